The molecule has 0 aliphatic rings. The standard InChI is InChI=1S/C14H18N2O4.C13H10N4O2/c1-5-20-12(18)11(17)9-6-7-15-8-10(9)16-13(19)14(2,3)4;1-17-7-15-6-12(17)10-4-9(13(18)19)8-2-3-14-5-11(8)16-10/h6-8H,5H2,1-4H3,(H,16,19);2-7H,1H3,(H,18,19). The molecule has 4 aromatic rings. The molecule has 0 saturated heterocycles. The highest BCUT2D eigenvalue weighted by Gasteiger charge is 2.25. The second kappa shape index (κ2) is 12.0. The molecule has 0 bridgehead atoms. The first-order chi connectivity index (χ1) is 18.4. The zero-order chi connectivity index (χ0) is 28.7. The highest BCUT2D eigenvalue weighted by molar-refractivity contribution is 6.42. The van der Waals surface area contributed by atoms with Gasteiger partial charge in [-0.25, -0.2) is 19.6 Å². The molecule has 4 aromatic heterocycles. The van der Waals surface area contributed by atoms with Crippen molar-refractivity contribution in [3.8, 4) is 11.4 Å². The predicted molar refractivity (Wildman–Crippen MR) is 142 cm³/mol. The van der Waals surface area contributed by atoms with Crippen LogP contribution in [0.25, 0.3) is 22.3 Å². The molecular weight excluding hydrogens is 504 g/mol. The topological polar surface area (TPSA) is 166 Å². The van der Waals surface area contributed by atoms with Gasteiger partial charge in [0.05, 0.1) is 65.2 Å². The van der Waals surface area contributed by atoms with Crippen LogP contribution in [0.1, 0.15) is 48.4 Å². The highest BCUT2D eigenvalue weighted by Crippen LogP contribution is 2.24. The van der Waals surface area contributed by atoms with Gasteiger partial charge in [-0.15, -0.1) is 0 Å². The van der Waals surface area contributed by atoms with E-state index in [1.807, 2.05) is 7.05 Å². The number of nitrogens with one attached hydrogen (secondary N) is 1. The first kappa shape index (κ1) is 28.6. The molecule has 0 fully saturated rings. The molecule has 0 aliphatic carbocycles. The van der Waals surface area contributed by atoms with Crippen molar-refractivity contribution in [1.82, 2.24) is 24.5 Å². The molecule has 12 heteroatoms. The number of ether oxygens (including phenoxy) is 1. The Morgan fingerprint density at radius 3 is 2.31 bits per heavy atom. The lowest BCUT2D eigenvalue weighted by Crippen LogP contribution is -2.29. The molecule has 0 aromatic carbocycles. The molecular formula is C27H28N6O6. The molecule has 4 rings (SSSR count). The molecule has 4 heterocycles. The second-order valence-corrected chi connectivity index (χ2v) is 9.32. The number of fused-ring (bicyclic) bond motifs is 1. The maximum Gasteiger partial charge on any atom is 0.379 e. The van der Waals surface area contributed by atoms with Crippen LogP contribution in [0.4, 0.5) is 5.69 Å². The third-order valence-corrected chi connectivity index (χ3v) is 5.38. The number of esters is 1. The Balaban J connectivity index is 0.000000216. The summed E-state index contributed by atoms with van der Waals surface area (Å²) in [7, 11) is 1.83. The summed E-state index contributed by atoms with van der Waals surface area (Å²) in [6, 6.07) is 4.58. The lowest BCUT2D eigenvalue weighted by Gasteiger charge is -2.18. The Labute approximate surface area is 224 Å². The largest absolute Gasteiger partial charge is 0.478 e. The molecule has 12 nitrogen and oxygen atoms in total. The number of ketones is 1. The second-order valence-electron chi connectivity index (χ2n) is 9.32. The predicted octanol–water partition coefficient (Wildman–Crippen LogP) is 3.54. The minimum absolute atomic E-state index is 0.0658. The maximum atomic E-state index is 11.9. The Bertz CT molecular complexity index is 1540. The smallest absolute Gasteiger partial charge is 0.379 e. The number of aryl methyl sites for hydroxylation is 1. The van der Waals surface area contributed by atoms with Crippen LogP contribution in [-0.4, -0.2) is 59.8 Å². The van der Waals surface area contributed by atoms with Gasteiger partial charge in [-0.2, -0.15) is 0 Å². The number of carboxylic acid groups (broad SMARTS) is 1. The third kappa shape index (κ3) is 6.86. The SMILES string of the molecule is CCOC(=O)C(=O)c1ccncc1NC(=O)C(C)(C)C.Cn1cncc1-c1cc(C(=O)O)c2ccncc2n1. The summed E-state index contributed by atoms with van der Waals surface area (Å²) >= 11 is 0. The van der Waals surface area contributed by atoms with Crippen molar-refractivity contribution in [3.05, 3.63) is 66.6 Å². The maximum absolute atomic E-state index is 11.9. The number of anilines is 1. The van der Waals surface area contributed by atoms with Crippen molar-refractivity contribution in [2.24, 2.45) is 12.5 Å². The number of hydrogen-bond donors (Lipinski definition) is 2. The molecule has 0 unspecified atom stereocenters. The summed E-state index contributed by atoms with van der Waals surface area (Å²) in [6.07, 6.45) is 9.11. The number of carboxylic acids is 1. The molecule has 202 valence electrons. The van der Waals surface area contributed by atoms with Crippen molar-refractivity contribution in [1.29, 1.82) is 0 Å². The van der Waals surface area contributed by atoms with Gasteiger partial charge in [-0.3, -0.25) is 19.6 Å². The summed E-state index contributed by atoms with van der Waals surface area (Å²) in [4.78, 5) is 63.0. The minimum Gasteiger partial charge on any atom is -0.478 e. The quantitative estimate of drug-likeness (QED) is 0.213. The Morgan fingerprint density at radius 2 is 1.69 bits per heavy atom. The van der Waals surface area contributed by atoms with Crippen LogP contribution in [0.15, 0.2) is 55.5 Å². The van der Waals surface area contributed by atoms with E-state index in [9.17, 15) is 24.3 Å². The third-order valence-electron chi connectivity index (χ3n) is 5.38. The number of nitrogens with zero attached hydrogens (tertiary/aromatic N) is 5. The van der Waals surface area contributed by atoms with Crippen LogP contribution < -0.4 is 5.32 Å². The van der Waals surface area contributed by atoms with Crippen molar-refractivity contribution < 1.29 is 29.0 Å². The van der Waals surface area contributed by atoms with Crippen molar-refractivity contribution >= 4 is 40.2 Å². The van der Waals surface area contributed by atoms with Crippen LogP contribution in [0.2, 0.25) is 0 Å². The fraction of sp³-hybridized carbons (Fsp3) is 0.259. The van der Waals surface area contributed by atoms with Crippen LogP contribution in [-0.2, 0) is 21.4 Å². The van der Waals surface area contributed by atoms with Gasteiger partial charge in [-0.05, 0) is 25.1 Å². The van der Waals surface area contributed by atoms with Gasteiger partial charge in [0.1, 0.15) is 0 Å². The molecule has 1 amide bonds. The molecule has 39 heavy (non-hydrogen) atoms. The van der Waals surface area contributed by atoms with Crippen molar-refractivity contribution in [3.63, 3.8) is 0 Å². The van der Waals surface area contributed by atoms with Gasteiger partial charge in [0.15, 0.2) is 0 Å². The van der Waals surface area contributed by atoms with E-state index in [-0.39, 0.29) is 29.3 Å². The summed E-state index contributed by atoms with van der Waals surface area (Å²) in [5, 5.41) is 12.5. The highest BCUT2D eigenvalue weighted by atomic mass is 16.5. The minimum atomic E-state index is -0.984. The van der Waals surface area contributed by atoms with E-state index in [0.29, 0.717) is 16.6 Å². The molecule has 0 spiro atoms. The van der Waals surface area contributed by atoms with E-state index < -0.39 is 23.1 Å². The van der Waals surface area contributed by atoms with Gasteiger partial charge >= 0.3 is 11.9 Å². The van der Waals surface area contributed by atoms with E-state index in [1.54, 1.807) is 69.3 Å². The molecule has 2 N–H and O–H groups in total. The first-order valence-electron chi connectivity index (χ1n) is 11.9. The zero-order valence-electron chi connectivity index (χ0n) is 22.1. The number of carbonyl (C=O) groups is 4. The molecule has 0 radical (unpaired) electrons. The normalized spacial score (nSPS) is 10.8. The van der Waals surface area contributed by atoms with Gasteiger partial charge in [0.2, 0.25) is 5.91 Å². The Hall–Kier alpha value is -5.00. The summed E-state index contributed by atoms with van der Waals surface area (Å²) in [5.74, 6) is -3.02. The van der Waals surface area contributed by atoms with Gasteiger partial charge in [0, 0.05) is 30.2 Å². The zero-order valence-corrected chi connectivity index (χ0v) is 22.1. The van der Waals surface area contributed by atoms with Gasteiger partial charge < -0.3 is 19.7 Å². The molecule has 0 aliphatic heterocycles. The lowest BCUT2D eigenvalue weighted by molar-refractivity contribution is -0.137. The van der Waals surface area contributed by atoms with Crippen LogP contribution in [0.5, 0.6) is 0 Å². The van der Waals surface area contributed by atoms with Crippen molar-refractivity contribution in [2.45, 2.75) is 27.7 Å². The van der Waals surface area contributed by atoms with Crippen LogP contribution in [0.3, 0.4) is 0 Å². The van der Waals surface area contributed by atoms with Crippen LogP contribution >= 0.6 is 0 Å². The molecule has 0 atom stereocenters. The van der Waals surface area contributed by atoms with Gasteiger partial charge in [-0.1, -0.05) is 20.8 Å². The molecule has 0 saturated carbocycles. The summed E-state index contributed by atoms with van der Waals surface area (Å²) < 4.78 is 6.45. The summed E-state index contributed by atoms with van der Waals surface area (Å²) in [5.41, 5.74) is 1.73. The number of aromatic carboxylic acids is 1. The lowest BCUT2D eigenvalue weighted by atomic mass is 9.95. The van der Waals surface area contributed by atoms with Crippen molar-refractivity contribution in [2.75, 3.05) is 11.9 Å². The van der Waals surface area contributed by atoms with E-state index in [1.165, 1.54) is 18.5 Å². The monoisotopic (exact) mass is 532 g/mol. The number of pyridine rings is 3. The number of imidazole rings is 1. The number of aromatic nitrogens is 5. The fourth-order valence-electron chi connectivity index (χ4n) is 3.30. The number of Topliss-reactive ketones (excluding diaryl/α,β-unsaturated/α-hetero) is 1. The Kier molecular flexibility index (Phi) is 8.81. The average Bonchev–Trinajstić information content (AvgIpc) is 3.33. The van der Waals surface area contributed by atoms with E-state index in [0.717, 1.165) is 5.69 Å². The average molecular weight is 533 g/mol. The number of hydrogen-bond acceptors (Lipinski definition) is 9. The number of rotatable bonds is 6. The van der Waals surface area contributed by atoms with E-state index in [2.05, 4.69) is 30.0 Å². The Morgan fingerprint density at radius 1 is 1.00 bits per heavy atom. The number of carbonyl (C=O) groups excluding carboxylic acids is 3. The van der Waals surface area contributed by atoms with Gasteiger partial charge in [0.25, 0.3) is 5.78 Å². The number of amides is 1. The first-order valence-corrected chi connectivity index (χ1v) is 11.9. The van der Waals surface area contributed by atoms with E-state index in [4.69, 9.17) is 0 Å². The van der Waals surface area contributed by atoms with E-state index >= 15 is 0 Å². The summed E-state index contributed by atoms with van der Waals surface area (Å²) in [6.45, 7) is 6.95. The van der Waals surface area contributed by atoms with Crippen LogP contribution in [0, 0.1) is 5.41 Å². The fourth-order valence-corrected chi connectivity index (χ4v) is 3.30.